The van der Waals surface area contributed by atoms with Gasteiger partial charge >= 0.3 is 5.97 Å². The summed E-state index contributed by atoms with van der Waals surface area (Å²) in [4.78, 5) is 12.6. The second-order valence-corrected chi connectivity index (χ2v) is 10.9. The van der Waals surface area contributed by atoms with E-state index >= 15 is 0 Å². The molecule has 0 radical (unpaired) electrons. The van der Waals surface area contributed by atoms with E-state index in [9.17, 15) is 22.7 Å². The lowest BCUT2D eigenvalue weighted by Crippen LogP contribution is -2.46. The zero-order valence-corrected chi connectivity index (χ0v) is 18.3. The number of hydrogen-bond donors (Lipinski definition) is 1. The van der Waals surface area contributed by atoms with E-state index in [1.807, 2.05) is 0 Å². The van der Waals surface area contributed by atoms with Gasteiger partial charge < -0.3 is 9.84 Å². The molecule has 0 bridgehead atoms. The molecule has 31 heavy (non-hydrogen) atoms. The van der Waals surface area contributed by atoms with E-state index in [1.165, 1.54) is 18.2 Å². The highest BCUT2D eigenvalue weighted by Gasteiger charge is 2.51. The predicted octanol–water partition coefficient (Wildman–Crippen LogP) is 4.45. The predicted molar refractivity (Wildman–Crippen MR) is 114 cm³/mol. The highest BCUT2D eigenvalue weighted by atomic mass is 32.2. The third-order valence-electron chi connectivity index (χ3n) is 6.79. The highest BCUT2D eigenvalue weighted by Crippen LogP contribution is 2.51. The second kappa shape index (κ2) is 8.02. The van der Waals surface area contributed by atoms with Gasteiger partial charge in [-0.2, -0.15) is 0 Å². The summed E-state index contributed by atoms with van der Waals surface area (Å²) < 4.78 is 44.7. The number of sulfone groups is 1. The van der Waals surface area contributed by atoms with Crippen LogP contribution in [0.1, 0.15) is 49.7 Å². The van der Waals surface area contributed by atoms with E-state index in [0.29, 0.717) is 30.9 Å². The van der Waals surface area contributed by atoms with Crippen molar-refractivity contribution in [1.82, 2.24) is 0 Å². The van der Waals surface area contributed by atoms with E-state index in [2.05, 4.69) is 0 Å². The minimum Gasteiger partial charge on any atom is -0.481 e. The van der Waals surface area contributed by atoms with Gasteiger partial charge in [-0.05, 0) is 73.8 Å². The lowest BCUT2D eigenvalue weighted by Gasteiger charge is -2.45. The quantitative estimate of drug-likeness (QED) is 0.680. The Labute approximate surface area is 182 Å². The third-order valence-corrected chi connectivity index (χ3v) is 7.94. The Morgan fingerprint density at radius 1 is 1.06 bits per heavy atom. The number of halogens is 1. The SMILES string of the molecule is CS(=O)(=O)c1ccccc1C1(C(=O)O)CCC(OCC2CC2)(c2ccc(F)cc2)CC1. The smallest absolute Gasteiger partial charge is 0.314 e. The van der Waals surface area contributed by atoms with Crippen molar-refractivity contribution in [2.24, 2.45) is 5.92 Å². The van der Waals surface area contributed by atoms with Crippen molar-refractivity contribution in [2.45, 2.75) is 54.4 Å². The van der Waals surface area contributed by atoms with Crippen LogP contribution in [-0.2, 0) is 30.4 Å². The van der Waals surface area contributed by atoms with Crippen LogP contribution in [0.25, 0.3) is 0 Å². The molecule has 0 amide bonds. The Kier molecular flexibility index (Phi) is 5.68. The molecule has 2 aliphatic carbocycles. The average Bonchev–Trinajstić information content (AvgIpc) is 3.57. The number of ether oxygens (including phenoxy) is 1. The molecule has 0 spiro atoms. The molecule has 0 atom stereocenters. The molecule has 2 aliphatic rings. The largest absolute Gasteiger partial charge is 0.481 e. The maximum absolute atomic E-state index is 13.5. The molecular weight excluding hydrogens is 419 g/mol. The van der Waals surface area contributed by atoms with Gasteiger partial charge in [-0.15, -0.1) is 0 Å². The van der Waals surface area contributed by atoms with E-state index < -0.39 is 26.8 Å². The van der Waals surface area contributed by atoms with Crippen LogP contribution in [-0.4, -0.2) is 32.4 Å². The topological polar surface area (TPSA) is 80.7 Å². The van der Waals surface area contributed by atoms with E-state index in [0.717, 1.165) is 24.7 Å². The maximum atomic E-state index is 13.5. The van der Waals surface area contributed by atoms with Crippen molar-refractivity contribution in [3.8, 4) is 0 Å². The molecule has 0 unspecified atom stereocenters. The molecule has 1 N–H and O–H groups in total. The number of aliphatic carboxylic acids is 1. The Bertz CT molecular complexity index is 1070. The summed E-state index contributed by atoms with van der Waals surface area (Å²) in [6, 6.07) is 12.6. The van der Waals surface area contributed by atoms with Crippen LogP contribution in [0.2, 0.25) is 0 Å². The molecular formula is C24H27FO5S. The first-order chi connectivity index (χ1) is 14.7. The number of benzene rings is 2. The molecule has 2 fully saturated rings. The summed E-state index contributed by atoms with van der Waals surface area (Å²) in [7, 11) is -3.59. The minimum atomic E-state index is -3.59. The normalized spacial score (nSPS) is 26.5. The standard InChI is InChI=1S/C24H27FO5S/c1-31(28,29)21-5-3-2-4-20(21)23(22(26)27)12-14-24(15-13-23,30-16-17-6-7-17)18-8-10-19(25)11-9-18/h2-5,8-11,17H,6-7,12-16H2,1H3,(H,26,27). The summed E-state index contributed by atoms with van der Waals surface area (Å²) in [5.41, 5.74) is -0.841. The molecule has 2 aromatic rings. The maximum Gasteiger partial charge on any atom is 0.314 e. The number of hydrogen-bond acceptors (Lipinski definition) is 4. The summed E-state index contributed by atoms with van der Waals surface area (Å²) in [5.74, 6) is -0.841. The molecule has 2 aromatic carbocycles. The van der Waals surface area contributed by atoms with Gasteiger partial charge in [0.25, 0.3) is 0 Å². The van der Waals surface area contributed by atoms with Gasteiger partial charge in [-0.25, -0.2) is 12.8 Å². The van der Waals surface area contributed by atoms with E-state index in [1.54, 1.807) is 30.3 Å². The van der Waals surface area contributed by atoms with Gasteiger partial charge in [0.1, 0.15) is 5.82 Å². The second-order valence-electron chi connectivity index (χ2n) is 8.91. The van der Waals surface area contributed by atoms with E-state index in [4.69, 9.17) is 4.74 Å². The molecule has 0 aromatic heterocycles. The molecule has 4 rings (SSSR count). The first-order valence-electron chi connectivity index (χ1n) is 10.6. The Morgan fingerprint density at radius 2 is 1.68 bits per heavy atom. The third kappa shape index (κ3) is 4.26. The van der Waals surface area contributed by atoms with Crippen molar-refractivity contribution in [2.75, 3.05) is 12.9 Å². The highest BCUT2D eigenvalue weighted by molar-refractivity contribution is 7.90. The van der Waals surface area contributed by atoms with Crippen molar-refractivity contribution in [3.05, 3.63) is 65.5 Å². The van der Waals surface area contributed by atoms with E-state index in [-0.39, 0.29) is 23.6 Å². The van der Waals surface area contributed by atoms with Gasteiger partial charge in [0, 0.05) is 6.26 Å². The zero-order chi connectivity index (χ0) is 22.3. The van der Waals surface area contributed by atoms with Crippen LogP contribution in [0.3, 0.4) is 0 Å². The number of carboxylic acid groups (broad SMARTS) is 1. The van der Waals surface area contributed by atoms with Gasteiger partial charge in [0.05, 0.1) is 22.5 Å². The Hall–Kier alpha value is -2.25. The summed E-state index contributed by atoms with van der Waals surface area (Å²) in [6.07, 6.45) is 4.64. The lowest BCUT2D eigenvalue weighted by molar-refractivity contribution is -0.151. The van der Waals surface area contributed by atoms with Crippen molar-refractivity contribution in [1.29, 1.82) is 0 Å². The van der Waals surface area contributed by atoms with Crippen LogP contribution in [0.5, 0.6) is 0 Å². The van der Waals surface area contributed by atoms with Crippen LogP contribution in [0.15, 0.2) is 53.4 Å². The zero-order valence-electron chi connectivity index (χ0n) is 17.5. The van der Waals surface area contributed by atoms with Gasteiger partial charge in [0.15, 0.2) is 9.84 Å². The minimum absolute atomic E-state index is 0.0607. The first kappa shape index (κ1) is 22.0. The number of carboxylic acids is 1. The monoisotopic (exact) mass is 446 g/mol. The first-order valence-corrected chi connectivity index (χ1v) is 12.5. The Morgan fingerprint density at radius 3 is 2.23 bits per heavy atom. The van der Waals surface area contributed by atoms with Gasteiger partial charge in [0.2, 0.25) is 0 Å². The van der Waals surface area contributed by atoms with Crippen LogP contribution >= 0.6 is 0 Å². The van der Waals surface area contributed by atoms with Crippen LogP contribution in [0, 0.1) is 11.7 Å². The molecule has 5 nitrogen and oxygen atoms in total. The fraction of sp³-hybridized carbons (Fsp3) is 0.458. The summed E-state index contributed by atoms with van der Waals surface area (Å²) in [5, 5.41) is 10.3. The van der Waals surface area contributed by atoms with Crippen LogP contribution < -0.4 is 0 Å². The fourth-order valence-electron chi connectivity index (χ4n) is 4.70. The number of carbonyl (C=O) groups is 1. The molecule has 166 valence electrons. The molecule has 0 aliphatic heterocycles. The number of rotatable bonds is 7. The van der Waals surface area contributed by atoms with Gasteiger partial charge in [-0.1, -0.05) is 30.3 Å². The van der Waals surface area contributed by atoms with Crippen molar-refractivity contribution in [3.63, 3.8) is 0 Å². The summed E-state index contributed by atoms with van der Waals surface area (Å²) >= 11 is 0. The average molecular weight is 447 g/mol. The molecule has 2 saturated carbocycles. The Balaban J connectivity index is 1.71. The lowest BCUT2D eigenvalue weighted by atomic mass is 9.63. The summed E-state index contributed by atoms with van der Waals surface area (Å²) in [6.45, 7) is 0.595. The molecule has 0 saturated heterocycles. The fourth-order valence-corrected chi connectivity index (χ4v) is 5.68. The van der Waals surface area contributed by atoms with Crippen molar-refractivity contribution < 1.29 is 27.4 Å². The van der Waals surface area contributed by atoms with Gasteiger partial charge in [-0.3, -0.25) is 4.79 Å². The van der Waals surface area contributed by atoms with Crippen molar-refractivity contribution >= 4 is 15.8 Å². The van der Waals surface area contributed by atoms with Crippen LogP contribution in [0.4, 0.5) is 4.39 Å². The molecule has 0 heterocycles. The molecule has 7 heteroatoms.